The molecule has 1 aliphatic rings. The first kappa shape index (κ1) is 16.4. The molecule has 7 heteroatoms. The number of aromatic nitrogens is 4. The van der Waals surface area contributed by atoms with Gasteiger partial charge in [-0.2, -0.15) is 5.10 Å². The van der Waals surface area contributed by atoms with E-state index in [0.29, 0.717) is 6.04 Å². The van der Waals surface area contributed by atoms with Gasteiger partial charge in [-0.1, -0.05) is 6.92 Å². The molecule has 1 aliphatic heterocycles. The Hall–Kier alpha value is -1.47. The Bertz CT molecular complexity index is 630. The third-order valence-electron chi connectivity index (χ3n) is 4.36. The molecular weight excluding hydrogens is 308 g/mol. The molecule has 0 saturated heterocycles. The maximum absolute atomic E-state index is 4.57. The van der Waals surface area contributed by atoms with Crippen molar-refractivity contribution in [1.82, 2.24) is 25.1 Å². The summed E-state index contributed by atoms with van der Waals surface area (Å²) in [5.74, 6) is 2.11. The van der Waals surface area contributed by atoms with Gasteiger partial charge in [-0.3, -0.25) is 0 Å². The van der Waals surface area contributed by atoms with Crippen LogP contribution in [0.25, 0.3) is 0 Å². The summed E-state index contributed by atoms with van der Waals surface area (Å²) in [6.07, 6.45) is 5.05. The Kier molecular flexibility index (Phi) is 5.27. The summed E-state index contributed by atoms with van der Waals surface area (Å²) in [4.78, 5) is 12.7. The second kappa shape index (κ2) is 7.40. The van der Waals surface area contributed by atoms with Crippen molar-refractivity contribution in [3.8, 4) is 0 Å². The molecule has 0 radical (unpaired) electrons. The van der Waals surface area contributed by atoms with Crippen LogP contribution in [-0.2, 0) is 25.9 Å². The van der Waals surface area contributed by atoms with Crippen LogP contribution in [0.3, 0.4) is 0 Å². The van der Waals surface area contributed by atoms with Crippen molar-refractivity contribution in [2.75, 3.05) is 18.0 Å². The van der Waals surface area contributed by atoms with Crippen molar-refractivity contribution in [3.05, 3.63) is 22.7 Å². The summed E-state index contributed by atoms with van der Waals surface area (Å²) < 4.78 is 2.08. The van der Waals surface area contributed by atoms with Gasteiger partial charge in [0.05, 0.1) is 6.54 Å². The number of thiazole rings is 1. The van der Waals surface area contributed by atoms with Gasteiger partial charge < -0.3 is 10.2 Å². The maximum Gasteiger partial charge on any atom is 0.185 e. The SMILES string of the molecule is CCc1nc2n(n1)CC(NCc1cnc(N(CC)CC)s1)CC2. The lowest BCUT2D eigenvalue weighted by molar-refractivity contribution is 0.358. The van der Waals surface area contributed by atoms with E-state index in [4.69, 9.17) is 0 Å². The van der Waals surface area contributed by atoms with Gasteiger partial charge in [-0.05, 0) is 20.3 Å². The average Bonchev–Trinajstić information content (AvgIpc) is 3.20. The van der Waals surface area contributed by atoms with Crippen molar-refractivity contribution in [2.45, 2.75) is 59.2 Å². The summed E-state index contributed by atoms with van der Waals surface area (Å²) in [6.45, 7) is 10.3. The maximum atomic E-state index is 4.57. The first-order chi connectivity index (χ1) is 11.2. The molecule has 0 amide bonds. The lowest BCUT2D eigenvalue weighted by Gasteiger charge is -2.23. The Labute approximate surface area is 141 Å². The quantitative estimate of drug-likeness (QED) is 0.841. The summed E-state index contributed by atoms with van der Waals surface area (Å²) in [5.41, 5.74) is 0. The number of hydrogen-bond acceptors (Lipinski definition) is 6. The van der Waals surface area contributed by atoms with Crippen LogP contribution < -0.4 is 10.2 Å². The van der Waals surface area contributed by atoms with E-state index in [9.17, 15) is 0 Å². The van der Waals surface area contributed by atoms with E-state index in [-0.39, 0.29) is 0 Å². The van der Waals surface area contributed by atoms with E-state index in [1.165, 1.54) is 4.88 Å². The molecule has 1 atom stereocenters. The fourth-order valence-electron chi connectivity index (χ4n) is 2.94. The molecular formula is C16H26N6S. The Balaban J connectivity index is 1.55. The van der Waals surface area contributed by atoms with E-state index in [1.54, 1.807) is 11.3 Å². The zero-order valence-electron chi connectivity index (χ0n) is 14.2. The van der Waals surface area contributed by atoms with Crippen LogP contribution in [0.15, 0.2) is 6.20 Å². The third kappa shape index (κ3) is 3.72. The van der Waals surface area contributed by atoms with Crippen LogP contribution in [0.4, 0.5) is 5.13 Å². The molecule has 1 N–H and O–H groups in total. The number of fused-ring (bicyclic) bond motifs is 1. The van der Waals surface area contributed by atoms with Gasteiger partial charge in [0.15, 0.2) is 11.0 Å². The summed E-state index contributed by atoms with van der Waals surface area (Å²) in [5, 5.41) is 9.36. The van der Waals surface area contributed by atoms with Crippen LogP contribution in [0.2, 0.25) is 0 Å². The number of anilines is 1. The topological polar surface area (TPSA) is 58.9 Å². The first-order valence-electron chi connectivity index (χ1n) is 8.59. The van der Waals surface area contributed by atoms with E-state index < -0.39 is 0 Å². The highest BCUT2D eigenvalue weighted by Crippen LogP contribution is 2.22. The standard InChI is InChI=1S/C16H26N6S/c1-4-14-19-15-8-7-12(11-22(15)20-14)17-9-13-10-18-16(23-13)21(5-2)6-3/h10,12,17H,4-9,11H2,1-3H3. The number of hydrogen-bond donors (Lipinski definition) is 1. The molecule has 23 heavy (non-hydrogen) atoms. The van der Waals surface area contributed by atoms with Gasteiger partial charge in [0.1, 0.15) is 5.82 Å². The van der Waals surface area contributed by atoms with Crippen LogP contribution in [0.5, 0.6) is 0 Å². The predicted molar refractivity (Wildman–Crippen MR) is 94.0 cm³/mol. The number of nitrogens with zero attached hydrogens (tertiary/aromatic N) is 5. The molecule has 0 spiro atoms. The van der Waals surface area contributed by atoms with Crippen LogP contribution >= 0.6 is 11.3 Å². The smallest absolute Gasteiger partial charge is 0.185 e. The van der Waals surface area contributed by atoms with Crippen LogP contribution in [0.1, 0.15) is 43.7 Å². The number of nitrogens with one attached hydrogen (secondary N) is 1. The Morgan fingerprint density at radius 1 is 1.35 bits per heavy atom. The van der Waals surface area contributed by atoms with Crippen molar-refractivity contribution in [2.24, 2.45) is 0 Å². The number of rotatable bonds is 7. The average molecular weight is 334 g/mol. The molecule has 2 aromatic rings. The second-order valence-electron chi connectivity index (χ2n) is 5.88. The largest absolute Gasteiger partial charge is 0.349 e. The minimum Gasteiger partial charge on any atom is -0.349 e. The van der Waals surface area contributed by atoms with Crippen LogP contribution in [0, 0.1) is 0 Å². The Morgan fingerprint density at radius 2 is 2.17 bits per heavy atom. The zero-order valence-corrected chi connectivity index (χ0v) is 15.1. The monoisotopic (exact) mass is 334 g/mol. The van der Waals surface area contributed by atoms with Gasteiger partial charge in [-0.15, -0.1) is 11.3 Å². The van der Waals surface area contributed by atoms with Gasteiger partial charge >= 0.3 is 0 Å². The Morgan fingerprint density at radius 3 is 2.91 bits per heavy atom. The van der Waals surface area contributed by atoms with E-state index in [2.05, 4.69) is 50.7 Å². The van der Waals surface area contributed by atoms with Crippen molar-refractivity contribution < 1.29 is 0 Å². The molecule has 0 saturated carbocycles. The highest BCUT2D eigenvalue weighted by atomic mass is 32.1. The lowest BCUT2D eigenvalue weighted by Crippen LogP contribution is -2.37. The van der Waals surface area contributed by atoms with Gasteiger partial charge in [-0.25, -0.2) is 14.6 Å². The third-order valence-corrected chi connectivity index (χ3v) is 5.42. The lowest BCUT2D eigenvalue weighted by atomic mass is 10.1. The van der Waals surface area contributed by atoms with Crippen molar-refractivity contribution in [3.63, 3.8) is 0 Å². The minimum absolute atomic E-state index is 0.466. The molecule has 0 fully saturated rings. The predicted octanol–water partition coefficient (Wildman–Crippen LogP) is 2.25. The highest BCUT2D eigenvalue weighted by Gasteiger charge is 2.21. The molecule has 3 rings (SSSR count). The van der Waals surface area contributed by atoms with E-state index >= 15 is 0 Å². The molecule has 6 nitrogen and oxygen atoms in total. The molecule has 3 heterocycles. The number of aryl methyl sites for hydroxylation is 2. The molecule has 0 bridgehead atoms. The molecule has 2 aromatic heterocycles. The van der Waals surface area contributed by atoms with Crippen LogP contribution in [-0.4, -0.2) is 38.9 Å². The molecule has 0 aliphatic carbocycles. The highest BCUT2D eigenvalue weighted by molar-refractivity contribution is 7.15. The van der Waals surface area contributed by atoms with Gasteiger partial charge in [0, 0.05) is 49.6 Å². The van der Waals surface area contributed by atoms with Crippen molar-refractivity contribution in [1.29, 1.82) is 0 Å². The zero-order chi connectivity index (χ0) is 16.2. The van der Waals surface area contributed by atoms with Crippen molar-refractivity contribution >= 4 is 16.5 Å². The fourth-order valence-corrected chi connectivity index (χ4v) is 3.93. The fraction of sp³-hybridized carbons (Fsp3) is 0.688. The second-order valence-corrected chi connectivity index (χ2v) is 6.97. The minimum atomic E-state index is 0.466. The molecule has 126 valence electrons. The normalized spacial score (nSPS) is 17.3. The summed E-state index contributed by atoms with van der Waals surface area (Å²) in [6, 6.07) is 0.466. The first-order valence-corrected chi connectivity index (χ1v) is 9.40. The molecule has 0 aromatic carbocycles. The van der Waals surface area contributed by atoms with Gasteiger partial charge in [0.25, 0.3) is 0 Å². The summed E-state index contributed by atoms with van der Waals surface area (Å²) in [7, 11) is 0. The van der Waals surface area contributed by atoms with E-state index in [0.717, 1.165) is 62.2 Å². The molecule has 1 unspecified atom stereocenters. The summed E-state index contributed by atoms with van der Waals surface area (Å²) >= 11 is 1.79. The van der Waals surface area contributed by atoms with E-state index in [1.807, 2.05) is 6.20 Å². The van der Waals surface area contributed by atoms with Gasteiger partial charge in [0.2, 0.25) is 0 Å².